The Morgan fingerprint density at radius 2 is 1.79 bits per heavy atom. The molecule has 0 radical (unpaired) electrons. The molecular formula is C22H29N4O2S+. The first-order valence-electron chi connectivity index (χ1n) is 9.74. The smallest absolute Gasteiger partial charge is 0.203 e. The normalized spacial score (nSPS) is 12.0. The lowest BCUT2D eigenvalue weighted by molar-refractivity contribution is -0.917. The molecule has 0 saturated carbocycles. The van der Waals surface area contributed by atoms with Crippen molar-refractivity contribution in [2.75, 3.05) is 21.3 Å². The van der Waals surface area contributed by atoms with Crippen molar-refractivity contribution < 1.29 is 14.4 Å². The van der Waals surface area contributed by atoms with Crippen LogP contribution in [-0.2, 0) is 19.8 Å². The molecule has 0 amide bonds. The van der Waals surface area contributed by atoms with E-state index < -0.39 is 0 Å². The summed E-state index contributed by atoms with van der Waals surface area (Å²) in [6, 6.07) is 14.3. The fraction of sp³-hybridized carbons (Fsp3) is 0.364. The number of methoxy groups -OCH3 is 2. The number of aromatic nitrogens is 3. The Kier molecular flexibility index (Phi) is 6.71. The molecule has 6 nitrogen and oxygen atoms in total. The maximum Gasteiger partial charge on any atom is 0.203 e. The van der Waals surface area contributed by atoms with Crippen LogP contribution in [0.25, 0.3) is 11.4 Å². The number of aryl methyl sites for hydroxylation is 1. The predicted molar refractivity (Wildman–Crippen MR) is 117 cm³/mol. The lowest BCUT2D eigenvalue weighted by atomic mass is 10.1. The second-order valence-electron chi connectivity index (χ2n) is 7.15. The fourth-order valence-electron chi connectivity index (χ4n) is 3.50. The summed E-state index contributed by atoms with van der Waals surface area (Å²) in [6.07, 6.45) is 0. The Morgan fingerprint density at radius 1 is 1.07 bits per heavy atom. The topological polar surface area (TPSA) is 45.7 Å². The summed E-state index contributed by atoms with van der Waals surface area (Å²) >= 11 is 5.72. The molecule has 1 unspecified atom stereocenters. The van der Waals surface area contributed by atoms with E-state index in [1.807, 2.05) is 28.9 Å². The van der Waals surface area contributed by atoms with E-state index in [1.165, 1.54) is 16.0 Å². The molecule has 1 N–H and O–H groups in total. The molecule has 0 aliphatic heterocycles. The van der Waals surface area contributed by atoms with Crippen molar-refractivity contribution in [1.29, 1.82) is 0 Å². The predicted octanol–water partition coefficient (Wildman–Crippen LogP) is 3.10. The number of quaternary nitrogens is 1. The summed E-state index contributed by atoms with van der Waals surface area (Å²) in [6.45, 7) is 6.49. The van der Waals surface area contributed by atoms with Crippen LogP contribution in [0.4, 0.5) is 0 Å². The van der Waals surface area contributed by atoms with Gasteiger partial charge in [0, 0.05) is 17.7 Å². The van der Waals surface area contributed by atoms with E-state index in [-0.39, 0.29) is 0 Å². The molecule has 2 aromatic carbocycles. The van der Waals surface area contributed by atoms with Crippen LogP contribution in [0, 0.1) is 11.7 Å². The molecule has 3 aromatic rings. The van der Waals surface area contributed by atoms with Gasteiger partial charge in [-0.1, -0.05) is 24.3 Å². The summed E-state index contributed by atoms with van der Waals surface area (Å²) in [5.41, 5.74) is 3.48. The Labute approximate surface area is 177 Å². The van der Waals surface area contributed by atoms with Gasteiger partial charge in [0.2, 0.25) is 4.77 Å². The average Bonchev–Trinajstić information content (AvgIpc) is 3.03. The monoisotopic (exact) mass is 413 g/mol. The van der Waals surface area contributed by atoms with Gasteiger partial charge >= 0.3 is 0 Å². The lowest BCUT2D eigenvalue weighted by Gasteiger charge is -2.15. The van der Waals surface area contributed by atoms with Crippen molar-refractivity contribution in [3.8, 4) is 22.9 Å². The quantitative estimate of drug-likeness (QED) is 0.577. The molecule has 0 spiro atoms. The van der Waals surface area contributed by atoms with Crippen molar-refractivity contribution in [2.45, 2.75) is 33.6 Å². The van der Waals surface area contributed by atoms with E-state index in [0.717, 1.165) is 40.7 Å². The largest absolute Gasteiger partial charge is 0.493 e. The molecule has 0 saturated heterocycles. The summed E-state index contributed by atoms with van der Waals surface area (Å²) in [7, 11) is 5.44. The third-order valence-corrected chi connectivity index (χ3v) is 5.43. The minimum absolute atomic E-state index is 0.680. The molecule has 0 fully saturated rings. The summed E-state index contributed by atoms with van der Waals surface area (Å²) in [5, 5.41) is 4.86. The zero-order valence-corrected chi connectivity index (χ0v) is 18.5. The highest BCUT2D eigenvalue weighted by Gasteiger charge is 2.16. The van der Waals surface area contributed by atoms with E-state index in [9.17, 15) is 0 Å². The van der Waals surface area contributed by atoms with Crippen LogP contribution in [0.1, 0.15) is 18.1 Å². The fourth-order valence-corrected chi connectivity index (χ4v) is 3.82. The first kappa shape index (κ1) is 21.1. The molecule has 1 atom stereocenters. The molecular weight excluding hydrogens is 384 g/mol. The van der Waals surface area contributed by atoms with Crippen LogP contribution in [0.5, 0.6) is 11.5 Å². The van der Waals surface area contributed by atoms with Gasteiger partial charge in [-0.3, -0.25) is 0 Å². The Hall–Kier alpha value is -2.64. The van der Waals surface area contributed by atoms with E-state index in [0.29, 0.717) is 6.67 Å². The van der Waals surface area contributed by atoms with Gasteiger partial charge < -0.3 is 18.9 Å². The molecule has 3 rings (SSSR count). The average molecular weight is 414 g/mol. The van der Waals surface area contributed by atoms with Gasteiger partial charge in [-0.05, 0) is 49.8 Å². The van der Waals surface area contributed by atoms with Crippen molar-refractivity contribution in [1.82, 2.24) is 14.3 Å². The first-order chi connectivity index (χ1) is 14.0. The summed E-state index contributed by atoms with van der Waals surface area (Å²) in [4.78, 5) is 1.27. The van der Waals surface area contributed by atoms with Gasteiger partial charge in [0.1, 0.15) is 6.54 Å². The lowest BCUT2D eigenvalue weighted by Crippen LogP contribution is -3.07. The third kappa shape index (κ3) is 4.52. The number of benzene rings is 2. The second-order valence-corrected chi connectivity index (χ2v) is 7.51. The Balaban J connectivity index is 1.83. The number of rotatable bonds is 8. The van der Waals surface area contributed by atoms with E-state index in [2.05, 4.69) is 43.7 Å². The highest BCUT2D eigenvalue weighted by atomic mass is 32.1. The van der Waals surface area contributed by atoms with Crippen LogP contribution >= 0.6 is 12.2 Å². The molecule has 0 aliphatic carbocycles. The number of nitrogens with one attached hydrogen (secondary N) is 1. The van der Waals surface area contributed by atoms with Crippen LogP contribution in [0.15, 0.2) is 42.5 Å². The molecule has 0 bridgehead atoms. The van der Waals surface area contributed by atoms with E-state index >= 15 is 0 Å². The maximum absolute atomic E-state index is 5.72. The Morgan fingerprint density at radius 3 is 2.45 bits per heavy atom. The molecule has 7 heteroatoms. The van der Waals surface area contributed by atoms with Gasteiger partial charge in [0.15, 0.2) is 24.0 Å². The van der Waals surface area contributed by atoms with Gasteiger partial charge in [-0.25, -0.2) is 0 Å². The van der Waals surface area contributed by atoms with Crippen molar-refractivity contribution >= 4 is 12.2 Å². The Bertz CT molecular complexity index is 1040. The van der Waals surface area contributed by atoms with Crippen molar-refractivity contribution in [3.05, 3.63) is 58.4 Å². The molecule has 1 heterocycles. The standard InChI is InChI=1S/C22H28N4O2S/c1-6-25-21(18-10-8-7-9-16(18)2)23-26(22(25)29)15-24(3)14-17-11-12-19(27-4)20(13-17)28-5/h7-13H,6,14-15H2,1-5H3/p+1. The minimum Gasteiger partial charge on any atom is -0.493 e. The highest BCUT2D eigenvalue weighted by molar-refractivity contribution is 7.71. The van der Waals surface area contributed by atoms with Gasteiger partial charge in [-0.15, -0.1) is 5.10 Å². The van der Waals surface area contributed by atoms with Gasteiger partial charge in [0.05, 0.1) is 21.3 Å². The minimum atomic E-state index is 0.680. The number of ether oxygens (including phenoxy) is 2. The van der Waals surface area contributed by atoms with Gasteiger partial charge in [-0.2, -0.15) is 4.68 Å². The van der Waals surface area contributed by atoms with Gasteiger partial charge in [0.25, 0.3) is 0 Å². The number of hydrogen-bond acceptors (Lipinski definition) is 4. The van der Waals surface area contributed by atoms with Crippen molar-refractivity contribution in [2.24, 2.45) is 0 Å². The van der Waals surface area contributed by atoms with Crippen LogP contribution < -0.4 is 14.4 Å². The molecule has 0 aliphatic rings. The van der Waals surface area contributed by atoms with E-state index in [1.54, 1.807) is 14.2 Å². The van der Waals surface area contributed by atoms with Crippen molar-refractivity contribution in [3.63, 3.8) is 0 Å². The molecule has 154 valence electrons. The number of nitrogens with zero attached hydrogens (tertiary/aromatic N) is 3. The van der Waals surface area contributed by atoms with E-state index in [4.69, 9.17) is 26.8 Å². The summed E-state index contributed by atoms with van der Waals surface area (Å²) < 4.78 is 15.5. The zero-order valence-electron chi connectivity index (χ0n) is 17.7. The third-order valence-electron chi connectivity index (χ3n) is 5.00. The SMILES string of the molecule is CCn1c(-c2ccccc2C)nn(C[NH+](C)Cc2ccc(OC)c(OC)c2)c1=S. The summed E-state index contributed by atoms with van der Waals surface area (Å²) in [5.74, 6) is 2.40. The first-order valence-corrected chi connectivity index (χ1v) is 10.1. The van der Waals surface area contributed by atoms with Crippen LogP contribution in [-0.4, -0.2) is 35.6 Å². The highest BCUT2D eigenvalue weighted by Crippen LogP contribution is 2.27. The second kappa shape index (κ2) is 9.24. The maximum atomic E-state index is 5.72. The van der Waals surface area contributed by atoms with Crippen LogP contribution in [0.3, 0.4) is 0 Å². The molecule has 1 aromatic heterocycles. The number of hydrogen-bond donors (Lipinski definition) is 1. The zero-order chi connectivity index (χ0) is 21.0. The van der Waals surface area contributed by atoms with Crippen LogP contribution in [0.2, 0.25) is 0 Å². The molecule has 29 heavy (non-hydrogen) atoms.